The molecule has 124 valence electrons. The van der Waals surface area contributed by atoms with Gasteiger partial charge >= 0.3 is 0 Å². The van der Waals surface area contributed by atoms with Crippen molar-refractivity contribution in [2.45, 2.75) is 12.8 Å². The molecular weight excluding hydrogens is 349 g/mol. The lowest BCUT2D eigenvalue weighted by molar-refractivity contribution is -0.124. The Balaban J connectivity index is 1.75. The van der Waals surface area contributed by atoms with Gasteiger partial charge in [-0.1, -0.05) is 53.5 Å². The first-order chi connectivity index (χ1) is 11.5. The number of halogens is 2. The molecule has 0 unspecified atom stereocenters. The van der Waals surface area contributed by atoms with Crippen LogP contribution < -0.4 is 10.7 Å². The number of rotatable bonds is 6. The molecule has 5 nitrogen and oxygen atoms in total. The van der Waals surface area contributed by atoms with Crippen molar-refractivity contribution >= 4 is 46.9 Å². The summed E-state index contributed by atoms with van der Waals surface area (Å²) in [5.74, 6) is -0.666. The summed E-state index contributed by atoms with van der Waals surface area (Å²) in [4.78, 5) is 23.5. The fourth-order valence-electron chi connectivity index (χ4n) is 1.80. The number of hydrogen-bond acceptors (Lipinski definition) is 3. The van der Waals surface area contributed by atoms with Crippen molar-refractivity contribution in [1.29, 1.82) is 0 Å². The lowest BCUT2D eigenvalue weighted by Gasteiger charge is -2.07. The van der Waals surface area contributed by atoms with Gasteiger partial charge in [-0.3, -0.25) is 9.59 Å². The van der Waals surface area contributed by atoms with E-state index in [1.165, 1.54) is 12.3 Å². The highest BCUT2D eigenvalue weighted by molar-refractivity contribution is 6.36. The summed E-state index contributed by atoms with van der Waals surface area (Å²) in [5, 5.41) is 7.28. The number of anilines is 1. The molecule has 7 heteroatoms. The summed E-state index contributed by atoms with van der Waals surface area (Å²) in [7, 11) is 0. The number of hydrazone groups is 1. The fraction of sp³-hybridized carbons (Fsp3) is 0.118. The lowest BCUT2D eigenvalue weighted by Crippen LogP contribution is -2.20. The third kappa shape index (κ3) is 6.02. The minimum absolute atomic E-state index is 0.0170. The average Bonchev–Trinajstić information content (AvgIpc) is 2.56. The molecule has 0 aliphatic heterocycles. The van der Waals surface area contributed by atoms with Gasteiger partial charge in [0.15, 0.2) is 0 Å². The first kappa shape index (κ1) is 18.0. The number of nitrogens with one attached hydrogen (secondary N) is 2. The lowest BCUT2D eigenvalue weighted by atomic mass is 10.2. The first-order valence-electron chi connectivity index (χ1n) is 7.16. The van der Waals surface area contributed by atoms with E-state index in [0.29, 0.717) is 15.7 Å². The standard InChI is InChI=1S/C17H15Cl2N3O2/c18-13-6-7-15(14(19)10-13)21-16(23)8-9-17(24)22-20-11-12-4-2-1-3-5-12/h1-7,10-11H,8-9H2,(H,21,23)(H,22,24)/b20-11+. The van der Waals surface area contributed by atoms with E-state index in [4.69, 9.17) is 23.2 Å². The summed E-state index contributed by atoms with van der Waals surface area (Å²) < 4.78 is 0. The van der Waals surface area contributed by atoms with E-state index < -0.39 is 0 Å². The van der Waals surface area contributed by atoms with Crippen LogP contribution in [0.3, 0.4) is 0 Å². The van der Waals surface area contributed by atoms with Crippen LogP contribution in [0.15, 0.2) is 53.6 Å². The second-order valence-electron chi connectivity index (χ2n) is 4.88. The number of carbonyl (C=O) groups is 2. The molecule has 2 aromatic carbocycles. The molecule has 0 saturated heterocycles. The molecule has 24 heavy (non-hydrogen) atoms. The molecule has 0 aliphatic rings. The molecule has 0 bridgehead atoms. The maximum Gasteiger partial charge on any atom is 0.240 e. The fourth-order valence-corrected chi connectivity index (χ4v) is 2.26. The van der Waals surface area contributed by atoms with Gasteiger partial charge in [0.1, 0.15) is 0 Å². The van der Waals surface area contributed by atoms with Crippen molar-refractivity contribution in [3.63, 3.8) is 0 Å². The highest BCUT2D eigenvalue weighted by Crippen LogP contribution is 2.25. The molecule has 2 N–H and O–H groups in total. The van der Waals surface area contributed by atoms with Crippen molar-refractivity contribution in [2.24, 2.45) is 5.10 Å². The summed E-state index contributed by atoms with van der Waals surface area (Å²) >= 11 is 11.8. The molecule has 0 aromatic heterocycles. The molecule has 0 atom stereocenters. The highest BCUT2D eigenvalue weighted by Gasteiger charge is 2.09. The quantitative estimate of drug-likeness (QED) is 0.604. The highest BCUT2D eigenvalue weighted by atomic mass is 35.5. The van der Waals surface area contributed by atoms with Crippen molar-refractivity contribution < 1.29 is 9.59 Å². The van der Waals surface area contributed by atoms with Crippen LogP contribution in [0.1, 0.15) is 18.4 Å². The molecule has 0 heterocycles. The Bertz CT molecular complexity index is 749. The Hall–Kier alpha value is -2.37. The Morgan fingerprint density at radius 1 is 1.00 bits per heavy atom. The molecule has 0 aliphatic carbocycles. The Morgan fingerprint density at radius 3 is 2.42 bits per heavy atom. The van der Waals surface area contributed by atoms with Gasteiger partial charge in [-0.25, -0.2) is 5.43 Å². The van der Waals surface area contributed by atoms with Crippen LogP contribution in [-0.2, 0) is 9.59 Å². The van der Waals surface area contributed by atoms with Gasteiger partial charge in [0.25, 0.3) is 0 Å². The minimum atomic E-state index is -0.348. The van der Waals surface area contributed by atoms with E-state index in [2.05, 4.69) is 15.8 Å². The molecule has 2 rings (SSSR count). The number of nitrogens with zero attached hydrogens (tertiary/aromatic N) is 1. The van der Waals surface area contributed by atoms with Gasteiger partial charge in [-0.2, -0.15) is 5.10 Å². The summed E-state index contributed by atoms with van der Waals surface area (Å²) in [5.41, 5.74) is 3.70. The zero-order valence-electron chi connectivity index (χ0n) is 12.6. The van der Waals surface area contributed by atoms with Crippen molar-refractivity contribution in [3.8, 4) is 0 Å². The van der Waals surface area contributed by atoms with Crippen molar-refractivity contribution in [3.05, 3.63) is 64.1 Å². The van der Waals surface area contributed by atoms with E-state index >= 15 is 0 Å². The maximum absolute atomic E-state index is 11.8. The summed E-state index contributed by atoms with van der Waals surface area (Å²) in [6, 6.07) is 14.1. The SMILES string of the molecule is O=C(CCC(=O)Nc1ccc(Cl)cc1Cl)N/N=C/c1ccccc1. The number of amides is 2. The van der Waals surface area contributed by atoms with Crippen LogP contribution in [0.25, 0.3) is 0 Å². The summed E-state index contributed by atoms with van der Waals surface area (Å²) in [6.45, 7) is 0. The second-order valence-corrected chi connectivity index (χ2v) is 5.72. The molecule has 0 saturated carbocycles. The summed E-state index contributed by atoms with van der Waals surface area (Å²) in [6.07, 6.45) is 1.57. The minimum Gasteiger partial charge on any atom is -0.325 e. The van der Waals surface area contributed by atoms with Crippen LogP contribution in [0, 0.1) is 0 Å². The van der Waals surface area contributed by atoms with Crippen LogP contribution in [0.4, 0.5) is 5.69 Å². The van der Waals surface area contributed by atoms with E-state index in [0.717, 1.165) is 5.56 Å². The zero-order chi connectivity index (χ0) is 17.4. The van der Waals surface area contributed by atoms with Gasteiger partial charge in [-0.05, 0) is 23.8 Å². The smallest absolute Gasteiger partial charge is 0.240 e. The molecule has 2 amide bonds. The maximum atomic E-state index is 11.8. The predicted octanol–water partition coefficient (Wildman–Crippen LogP) is 3.86. The van der Waals surface area contributed by atoms with Gasteiger partial charge < -0.3 is 5.32 Å². The number of hydrogen-bond donors (Lipinski definition) is 2. The first-order valence-corrected chi connectivity index (χ1v) is 7.92. The van der Waals surface area contributed by atoms with Crippen LogP contribution >= 0.6 is 23.2 Å². The molecule has 0 fully saturated rings. The predicted molar refractivity (Wildman–Crippen MR) is 96.5 cm³/mol. The largest absolute Gasteiger partial charge is 0.325 e. The van der Waals surface area contributed by atoms with Gasteiger partial charge in [0.2, 0.25) is 11.8 Å². The molecule has 0 spiro atoms. The zero-order valence-corrected chi connectivity index (χ0v) is 14.1. The Labute approximate surface area is 149 Å². The Kier molecular flexibility index (Phi) is 6.78. The third-order valence-electron chi connectivity index (χ3n) is 2.99. The van der Waals surface area contributed by atoms with Gasteiger partial charge in [0.05, 0.1) is 16.9 Å². The van der Waals surface area contributed by atoms with Gasteiger partial charge in [-0.15, -0.1) is 0 Å². The Morgan fingerprint density at radius 2 is 1.71 bits per heavy atom. The molecular formula is C17H15Cl2N3O2. The van der Waals surface area contributed by atoms with Gasteiger partial charge in [0, 0.05) is 17.9 Å². The normalized spacial score (nSPS) is 10.6. The van der Waals surface area contributed by atoms with Crippen LogP contribution in [0.2, 0.25) is 10.0 Å². The molecule has 0 radical (unpaired) electrons. The second kappa shape index (κ2) is 9.05. The van der Waals surface area contributed by atoms with Crippen molar-refractivity contribution in [1.82, 2.24) is 5.43 Å². The molecule has 2 aromatic rings. The topological polar surface area (TPSA) is 70.6 Å². The van der Waals surface area contributed by atoms with Crippen LogP contribution in [-0.4, -0.2) is 18.0 Å². The number of benzene rings is 2. The van der Waals surface area contributed by atoms with E-state index in [-0.39, 0.29) is 24.7 Å². The third-order valence-corrected chi connectivity index (χ3v) is 3.53. The van der Waals surface area contributed by atoms with E-state index in [9.17, 15) is 9.59 Å². The van der Waals surface area contributed by atoms with E-state index in [1.54, 1.807) is 12.1 Å². The van der Waals surface area contributed by atoms with Crippen molar-refractivity contribution in [2.75, 3.05) is 5.32 Å². The van der Waals surface area contributed by atoms with Crippen LogP contribution in [0.5, 0.6) is 0 Å². The van der Waals surface area contributed by atoms with E-state index in [1.807, 2.05) is 30.3 Å². The number of carbonyl (C=O) groups excluding carboxylic acids is 2. The monoisotopic (exact) mass is 363 g/mol. The average molecular weight is 364 g/mol.